The lowest BCUT2D eigenvalue weighted by Crippen LogP contribution is -2.44. The molecule has 0 radical (unpaired) electrons. The Hall–Kier alpha value is -2.97. The summed E-state index contributed by atoms with van der Waals surface area (Å²) in [4.78, 5) is 19.4. The number of carbonyl (C=O) groups is 1. The molecule has 3 aromatic rings. The first kappa shape index (κ1) is 18.4. The van der Waals surface area contributed by atoms with Gasteiger partial charge in [0.1, 0.15) is 18.3 Å². The summed E-state index contributed by atoms with van der Waals surface area (Å²) in [7, 11) is 3.46. The van der Waals surface area contributed by atoms with E-state index in [2.05, 4.69) is 10.1 Å². The molecule has 3 heterocycles. The molecule has 0 aliphatic carbocycles. The highest BCUT2D eigenvalue weighted by Crippen LogP contribution is 2.27. The van der Waals surface area contributed by atoms with Crippen LogP contribution < -0.4 is 0 Å². The van der Waals surface area contributed by atoms with Gasteiger partial charge in [-0.25, -0.2) is 0 Å². The van der Waals surface area contributed by atoms with E-state index in [4.69, 9.17) is 14.0 Å². The summed E-state index contributed by atoms with van der Waals surface area (Å²) in [5, 5.41) is 4.01. The Morgan fingerprint density at radius 3 is 2.86 bits per heavy atom. The second-order valence-electron chi connectivity index (χ2n) is 6.60. The topological polar surface area (TPSA) is 82.6 Å². The van der Waals surface area contributed by atoms with Crippen LogP contribution in [0, 0.1) is 0 Å². The lowest BCUT2D eigenvalue weighted by Gasteiger charge is -2.33. The summed E-state index contributed by atoms with van der Waals surface area (Å²) >= 11 is 0. The molecular weight excluding hydrogens is 360 g/mol. The van der Waals surface area contributed by atoms with Gasteiger partial charge in [-0.15, -0.1) is 0 Å². The van der Waals surface area contributed by atoms with Crippen LogP contribution in [0.15, 0.2) is 47.0 Å². The van der Waals surface area contributed by atoms with Gasteiger partial charge < -0.3 is 23.5 Å². The van der Waals surface area contributed by atoms with Crippen molar-refractivity contribution < 1.29 is 18.8 Å². The molecule has 0 spiro atoms. The van der Waals surface area contributed by atoms with E-state index in [-0.39, 0.29) is 12.5 Å². The molecule has 1 aliphatic rings. The lowest BCUT2D eigenvalue weighted by atomic mass is 10.2. The lowest BCUT2D eigenvalue weighted by molar-refractivity contribution is -0.00624. The molecule has 2 aromatic heterocycles. The summed E-state index contributed by atoms with van der Waals surface area (Å²) in [6.07, 6.45) is 0. The van der Waals surface area contributed by atoms with Crippen molar-refractivity contribution in [2.24, 2.45) is 7.05 Å². The van der Waals surface area contributed by atoms with Crippen LogP contribution in [0.4, 0.5) is 0 Å². The fraction of sp³-hybridized carbons (Fsp3) is 0.350. The average Bonchev–Trinajstić information content (AvgIpc) is 3.35. The summed E-state index contributed by atoms with van der Waals surface area (Å²) in [5.74, 6) is 0.717. The summed E-state index contributed by atoms with van der Waals surface area (Å²) in [6, 6.07) is 13.4. The van der Waals surface area contributed by atoms with Gasteiger partial charge in [0, 0.05) is 26.4 Å². The van der Waals surface area contributed by atoms with E-state index in [1.165, 1.54) is 0 Å². The second kappa shape index (κ2) is 7.95. The minimum Gasteiger partial charge on any atom is -0.377 e. The molecule has 0 bridgehead atoms. The van der Waals surface area contributed by atoms with Crippen LogP contribution in [0.25, 0.3) is 11.3 Å². The maximum atomic E-state index is 13.3. The van der Waals surface area contributed by atoms with Gasteiger partial charge in [-0.05, 0) is 17.7 Å². The van der Waals surface area contributed by atoms with E-state index in [9.17, 15) is 4.79 Å². The Morgan fingerprint density at radius 1 is 1.25 bits per heavy atom. The van der Waals surface area contributed by atoms with E-state index in [1.807, 2.05) is 54.1 Å². The first-order valence-corrected chi connectivity index (χ1v) is 9.10. The third-order valence-corrected chi connectivity index (χ3v) is 4.85. The number of ether oxygens (including phenoxy) is 2. The fourth-order valence-electron chi connectivity index (χ4n) is 3.42. The zero-order chi connectivity index (χ0) is 19.5. The fourth-order valence-corrected chi connectivity index (χ4v) is 3.42. The van der Waals surface area contributed by atoms with E-state index in [1.54, 1.807) is 12.0 Å². The molecule has 28 heavy (non-hydrogen) atoms. The standard InChI is InChI=1S/C20H22N4O4/c1-23-15(14-6-4-3-5-7-14)8-9-16(23)20(25)24-10-11-27-12-17(24)19-21-18(13-26-2)28-22-19/h3-9,17H,10-13H2,1-2H3. The molecule has 146 valence electrons. The Bertz CT molecular complexity index is 950. The highest BCUT2D eigenvalue weighted by molar-refractivity contribution is 5.94. The van der Waals surface area contributed by atoms with Crippen LogP contribution in [0.3, 0.4) is 0 Å². The number of benzene rings is 1. The number of aromatic nitrogens is 3. The Balaban J connectivity index is 1.61. The van der Waals surface area contributed by atoms with Gasteiger partial charge in [-0.1, -0.05) is 35.5 Å². The predicted molar refractivity (Wildman–Crippen MR) is 100 cm³/mol. The van der Waals surface area contributed by atoms with Gasteiger partial charge in [-0.3, -0.25) is 4.79 Å². The van der Waals surface area contributed by atoms with Gasteiger partial charge in [-0.2, -0.15) is 4.98 Å². The normalized spacial score (nSPS) is 17.1. The molecule has 1 aromatic carbocycles. The first-order chi connectivity index (χ1) is 13.7. The molecule has 0 saturated carbocycles. The third kappa shape index (κ3) is 3.44. The van der Waals surface area contributed by atoms with Crippen molar-refractivity contribution in [1.82, 2.24) is 19.6 Å². The van der Waals surface area contributed by atoms with Crippen molar-refractivity contribution in [3.63, 3.8) is 0 Å². The van der Waals surface area contributed by atoms with E-state index in [0.717, 1.165) is 11.3 Å². The van der Waals surface area contributed by atoms with Crippen LogP contribution >= 0.6 is 0 Å². The largest absolute Gasteiger partial charge is 0.377 e. The number of hydrogen-bond acceptors (Lipinski definition) is 6. The minimum atomic E-state index is -0.398. The molecular formula is C20H22N4O4. The maximum Gasteiger partial charge on any atom is 0.271 e. The number of morpholine rings is 1. The predicted octanol–water partition coefficient (Wildman–Crippen LogP) is 2.44. The van der Waals surface area contributed by atoms with Crippen molar-refractivity contribution in [1.29, 1.82) is 0 Å². The highest BCUT2D eigenvalue weighted by Gasteiger charge is 2.34. The number of nitrogens with zero attached hydrogens (tertiary/aromatic N) is 4. The van der Waals surface area contributed by atoms with Gasteiger partial charge in [0.15, 0.2) is 5.82 Å². The second-order valence-corrected chi connectivity index (χ2v) is 6.60. The SMILES string of the molecule is COCc1nc(C2COCCN2C(=O)c2ccc(-c3ccccc3)n2C)no1. The third-order valence-electron chi connectivity index (χ3n) is 4.85. The smallest absolute Gasteiger partial charge is 0.271 e. The molecule has 8 heteroatoms. The zero-order valence-corrected chi connectivity index (χ0v) is 15.9. The highest BCUT2D eigenvalue weighted by atomic mass is 16.5. The van der Waals surface area contributed by atoms with Crippen LogP contribution in [-0.2, 0) is 23.1 Å². The molecule has 1 saturated heterocycles. The van der Waals surface area contributed by atoms with Gasteiger partial charge in [0.05, 0.1) is 13.2 Å². The van der Waals surface area contributed by atoms with Crippen LogP contribution in [0.2, 0.25) is 0 Å². The molecule has 1 unspecified atom stereocenters. The monoisotopic (exact) mass is 382 g/mol. The number of rotatable bonds is 5. The van der Waals surface area contributed by atoms with Crippen LogP contribution in [0.1, 0.15) is 28.2 Å². The van der Waals surface area contributed by atoms with E-state index >= 15 is 0 Å². The number of methoxy groups -OCH3 is 1. The van der Waals surface area contributed by atoms with E-state index < -0.39 is 6.04 Å². The molecule has 1 atom stereocenters. The maximum absolute atomic E-state index is 13.3. The minimum absolute atomic E-state index is 0.0870. The van der Waals surface area contributed by atoms with Crippen LogP contribution in [-0.4, -0.2) is 52.4 Å². The number of carbonyl (C=O) groups excluding carboxylic acids is 1. The first-order valence-electron chi connectivity index (χ1n) is 9.10. The number of amides is 1. The molecule has 0 N–H and O–H groups in total. The molecule has 1 aliphatic heterocycles. The molecule has 4 rings (SSSR count). The summed E-state index contributed by atoms with van der Waals surface area (Å²) in [5.41, 5.74) is 2.65. The van der Waals surface area contributed by atoms with Crippen molar-refractivity contribution in [3.05, 3.63) is 59.9 Å². The van der Waals surface area contributed by atoms with Gasteiger partial charge in [0.2, 0.25) is 0 Å². The van der Waals surface area contributed by atoms with Gasteiger partial charge in [0.25, 0.3) is 11.8 Å². The molecule has 8 nitrogen and oxygen atoms in total. The van der Waals surface area contributed by atoms with Crippen molar-refractivity contribution in [3.8, 4) is 11.3 Å². The Kier molecular flexibility index (Phi) is 5.23. The summed E-state index contributed by atoms with van der Waals surface area (Å²) < 4.78 is 17.7. The van der Waals surface area contributed by atoms with Crippen LogP contribution in [0.5, 0.6) is 0 Å². The molecule has 1 fully saturated rings. The van der Waals surface area contributed by atoms with Crippen molar-refractivity contribution in [2.45, 2.75) is 12.6 Å². The van der Waals surface area contributed by atoms with Gasteiger partial charge >= 0.3 is 0 Å². The zero-order valence-electron chi connectivity index (χ0n) is 15.9. The number of hydrogen-bond donors (Lipinski definition) is 0. The van der Waals surface area contributed by atoms with Crippen molar-refractivity contribution in [2.75, 3.05) is 26.9 Å². The average molecular weight is 382 g/mol. The Morgan fingerprint density at radius 2 is 2.07 bits per heavy atom. The van der Waals surface area contributed by atoms with Crippen molar-refractivity contribution >= 4 is 5.91 Å². The Labute approximate surface area is 162 Å². The quantitative estimate of drug-likeness (QED) is 0.674. The summed E-state index contributed by atoms with van der Waals surface area (Å²) in [6.45, 7) is 1.49. The molecule has 1 amide bonds. The van der Waals surface area contributed by atoms with E-state index in [0.29, 0.717) is 37.2 Å².